The van der Waals surface area contributed by atoms with E-state index in [2.05, 4.69) is 5.32 Å². The van der Waals surface area contributed by atoms with Crippen LogP contribution in [0.2, 0.25) is 0 Å². The highest BCUT2D eigenvalue weighted by atomic mass is 16.5. The molecule has 0 heterocycles. The highest BCUT2D eigenvalue weighted by molar-refractivity contribution is 6.09. The Kier molecular flexibility index (Phi) is 6.03. The number of phenolic OH excluding ortho intramolecular Hbond substituents is 1. The number of phenols is 1. The minimum atomic E-state index is -0.599. The van der Waals surface area contributed by atoms with Gasteiger partial charge in [0.25, 0.3) is 5.91 Å². The molecule has 3 aromatic rings. The van der Waals surface area contributed by atoms with Gasteiger partial charge in [-0.2, -0.15) is 5.26 Å². The number of hydrogen-bond acceptors (Lipinski definition) is 5. The maximum Gasteiger partial charge on any atom is 0.343 e. The van der Waals surface area contributed by atoms with Crippen molar-refractivity contribution in [1.82, 2.24) is 0 Å². The summed E-state index contributed by atoms with van der Waals surface area (Å²) in [6, 6.07) is 22.9. The predicted molar refractivity (Wildman–Crippen MR) is 108 cm³/mol. The second-order valence-electron chi connectivity index (χ2n) is 6.00. The summed E-state index contributed by atoms with van der Waals surface area (Å²) in [4.78, 5) is 24.3. The molecule has 29 heavy (non-hydrogen) atoms. The van der Waals surface area contributed by atoms with Crippen LogP contribution < -0.4 is 10.1 Å². The molecule has 0 aromatic heterocycles. The number of nitriles is 1. The monoisotopic (exact) mass is 384 g/mol. The smallest absolute Gasteiger partial charge is 0.343 e. The largest absolute Gasteiger partial charge is 0.508 e. The fourth-order valence-electron chi connectivity index (χ4n) is 2.47. The third kappa shape index (κ3) is 5.31. The number of anilines is 1. The van der Waals surface area contributed by atoms with Crippen molar-refractivity contribution >= 4 is 23.6 Å². The number of amides is 1. The Balaban J connectivity index is 1.69. The van der Waals surface area contributed by atoms with Gasteiger partial charge in [-0.15, -0.1) is 0 Å². The van der Waals surface area contributed by atoms with Crippen molar-refractivity contribution in [1.29, 1.82) is 5.26 Å². The zero-order chi connectivity index (χ0) is 20.6. The molecule has 1 amide bonds. The quantitative estimate of drug-likeness (QED) is 0.298. The molecule has 0 aliphatic carbocycles. The van der Waals surface area contributed by atoms with E-state index in [1.54, 1.807) is 66.7 Å². The van der Waals surface area contributed by atoms with Gasteiger partial charge in [0.2, 0.25) is 0 Å². The van der Waals surface area contributed by atoms with Crippen LogP contribution in [-0.2, 0) is 4.79 Å². The Morgan fingerprint density at radius 2 is 1.69 bits per heavy atom. The number of esters is 1. The molecule has 0 spiro atoms. The van der Waals surface area contributed by atoms with Crippen LogP contribution in [0, 0.1) is 11.3 Å². The van der Waals surface area contributed by atoms with Crippen LogP contribution in [-0.4, -0.2) is 17.0 Å². The van der Waals surface area contributed by atoms with E-state index in [1.165, 1.54) is 18.2 Å². The zero-order valence-corrected chi connectivity index (χ0v) is 15.2. The number of aromatic hydroxyl groups is 1. The lowest BCUT2D eigenvalue weighted by molar-refractivity contribution is -0.112. The maximum atomic E-state index is 12.3. The average Bonchev–Trinajstić information content (AvgIpc) is 2.73. The van der Waals surface area contributed by atoms with Crippen molar-refractivity contribution in [2.45, 2.75) is 0 Å². The minimum absolute atomic E-state index is 0.00549. The number of ether oxygens (including phenoxy) is 1. The Hall–Kier alpha value is -4.37. The molecule has 0 radical (unpaired) electrons. The first-order valence-electron chi connectivity index (χ1n) is 8.64. The molecule has 0 saturated heterocycles. The van der Waals surface area contributed by atoms with E-state index >= 15 is 0 Å². The van der Waals surface area contributed by atoms with E-state index in [-0.39, 0.29) is 11.3 Å². The molecule has 0 aliphatic heterocycles. The number of carbonyl (C=O) groups is 2. The molecule has 2 N–H and O–H groups in total. The summed E-state index contributed by atoms with van der Waals surface area (Å²) in [5.74, 6) is -0.723. The van der Waals surface area contributed by atoms with Crippen LogP contribution in [0.5, 0.6) is 11.5 Å². The van der Waals surface area contributed by atoms with Gasteiger partial charge in [-0.1, -0.05) is 36.4 Å². The Labute approximate surface area is 167 Å². The highest BCUT2D eigenvalue weighted by Crippen LogP contribution is 2.18. The molecular weight excluding hydrogens is 368 g/mol. The van der Waals surface area contributed by atoms with Gasteiger partial charge in [0.05, 0.1) is 5.56 Å². The van der Waals surface area contributed by atoms with Gasteiger partial charge in [-0.25, -0.2) is 4.79 Å². The van der Waals surface area contributed by atoms with Crippen LogP contribution in [0.3, 0.4) is 0 Å². The van der Waals surface area contributed by atoms with Crippen LogP contribution in [0.1, 0.15) is 15.9 Å². The van der Waals surface area contributed by atoms with E-state index < -0.39 is 11.9 Å². The molecule has 0 fully saturated rings. The summed E-state index contributed by atoms with van der Waals surface area (Å²) in [5, 5.41) is 21.3. The van der Waals surface area contributed by atoms with Crippen molar-refractivity contribution in [2.75, 3.05) is 5.32 Å². The first kappa shape index (κ1) is 19.4. The minimum Gasteiger partial charge on any atom is -0.508 e. The molecule has 0 atom stereocenters. The normalized spacial score (nSPS) is 10.7. The van der Waals surface area contributed by atoms with Crippen LogP contribution in [0.15, 0.2) is 84.4 Å². The Bertz CT molecular complexity index is 1100. The predicted octanol–water partition coefficient (Wildman–Crippen LogP) is 4.16. The Morgan fingerprint density at radius 3 is 2.34 bits per heavy atom. The molecule has 0 saturated carbocycles. The van der Waals surface area contributed by atoms with Gasteiger partial charge in [0.1, 0.15) is 23.1 Å². The van der Waals surface area contributed by atoms with E-state index in [9.17, 15) is 20.0 Å². The molecule has 0 unspecified atom stereocenters. The van der Waals surface area contributed by atoms with Gasteiger partial charge < -0.3 is 15.2 Å². The molecule has 6 heteroatoms. The van der Waals surface area contributed by atoms with E-state index in [0.717, 1.165) is 0 Å². The standard InChI is InChI=1S/C23H16N2O4/c24-15-18(22(27)25-19-7-4-8-20(26)14-19)13-16-9-11-21(12-10-16)29-23(28)17-5-2-1-3-6-17/h1-14,26H,(H,25,27). The van der Waals surface area contributed by atoms with Gasteiger partial charge in [-0.3, -0.25) is 4.79 Å². The van der Waals surface area contributed by atoms with E-state index in [4.69, 9.17) is 4.74 Å². The number of nitrogens with zero attached hydrogens (tertiary/aromatic N) is 1. The summed E-state index contributed by atoms with van der Waals surface area (Å²) < 4.78 is 5.30. The van der Waals surface area contributed by atoms with Crippen molar-refractivity contribution in [3.63, 3.8) is 0 Å². The maximum absolute atomic E-state index is 12.3. The SMILES string of the molecule is N#CC(=Cc1ccc(OC(=O)c2ccccc2)cc1)C(=O)Nc1cccc(O)c1. The first-order valence-corrected chi connectivity index (χ1v) is 8.64. The summed E-state index contributed by atoms with van der Waals surface area (Å²) in [6.45, 7) is 0. The fraction of sp³-hybridized carbons (Fsp3) is 0. The van der Waals surface area contributed by atoms with Crippen molar-refractivity contribution in [3.05, 3.63) is 95.6 Å². The summed E-state index contributed by atoms with van der Waals surface area (Å²) >= 11 is 0. The Morgan fingerprint density at radius 1 is 0.966 bits per heavy atom. The van der Waals surface area contributed by atoms with Gasteiger partial charge in [0.15, 0.2) is 0 Å². The van der Waals surface area contributed by atoms with E-state index in [1.807, 2.05) is 6.07 Å². The van der Waals surface area contributed by atoms with Crippen molar-refractivity contribution in [3.8, 4) is 17.6 Å². The van der Waals surface area contributed by atoms with Crippen LogP contribution in [0.25, 0.3) is 6.08 Å². The third-order valence-electron chi connectivity index (χ3n) is 3.88. The second-order valence-corrected chi connectivity index (χ2v) is 6.00. The van der Waals surface area contributed by atoms with Gasteiger partial charge >= 0.3 is 5.97 Å². The molecular formula is C23H16N2O4. The molecule has 0 aliphatic rings. The van der Waals surface area contributed by atoms with Gasteiger partial charge in [-0.05, 0) is 48.0 Å². The fourth-order valence-corrected chi connectivity index (χ4v) is 2.47. The molecule has 6 nitrogen and oxygen atoms in total. The number of rotatable bonds is 5. The molecule has 142 valence electrons. The zero-order valence-electron chi connectivity index (χ0n) is 15.2. The first-order chi connectivity index (χ1) is 14.0. The summed E-state index contributed by atoms with van der Waals surface area (Å²) in [5.41, 5.74) is 1.29. The summed E-state index contributed by atoms with van der Waals surface area (Å²) in [6.07, 6.45) is 1.42. The lowest BCUT2D eigenvalue weighted by atomic mass is 10.1. The lowest BCUT2D eigenvalue weighted by Crippen LogP contribution is -2.13. The third-order valence-corrected chi connectivity index (χ3v) is 3.88. The lowest BCUT2D eigenvalue weighted by Gasteiger charge is -2.06. The van der Waals surface area contributed by atoms with Crippen LogP contribution >= 0.6 is 0 Å². The topological polar surface area (TPSA) is 99.4 Å². The molecule has 3 aromatic carbocycles. The van der Waals surface area contributed by atoms with Crippen molar-refractivity contribution in [2.24, 2.45) is 0 Å². The average molecular weight is 384 g/mol. The van der Waals surface area contributed by atoms with Crippen LogP contribution in [0.4, 0.5) is 5.69 Å². The highest BCUT2D eigenvalue weighted by Gasteiger charge is 2.11. The number of hydrogen-bond donors (Lipinski definition) is 2. The molecule has 3 rings (SSSR count). The van der Waals surface area contributed by atoms with Gasteiger partial charge in [0, 0.05) is 11.8 Å². The number of carbonyl (C=O) groups excluding carboxylic acids is 2. The molecule has 0 bridgehead atoms. The van der Waals surface area contributed by atoms with Crippen molar-refractivity contribution < 1.29 is 19.4 Å². The second kappa shape index (κ2) is 9.02. The van der Waals surface area contributed by atoms with E-state index in [0.29, 0.717) is 22.6 Å². The number of benzene rings is 3. The number of nitrogens with one attached hydrogen (secondary N) is 1. The summed E-state index contributed by atoms with van der Waals surface area (Å²) in [7, 11) is 0.